The molecule has 3 aromatic heterocycles. The number of anilines is 1. The monoisotopic (exact) mass is 547 g/mol. The summed E-state index contributed by atoms with van der Waals surface area (Å²) in [6.45, 7) is 8.83. The van der Waals surface area contributed by atoms with Gasteiger partial charge >= 0.3 is 11.8 Å². The minimum atomic E-state index is -1.42. The zero-order valence-corrected chi connectivity index (χ0v) is 22.0. The highest BCUT2D eigenvalue weighted by molar-refractivity contribution is 6.37. The maximum absolute atomic E-state index is 12.6. The van der Waals surface area contributed by atoms with Crippen molar-refractivity contribution in [1.29, 1.82) is 0 Å². The molecule has 0 spiro atoms. The summed E-state index contributed by atoms with van der Waals surface area (Å²) in [5.41, 5.74) is -1.20. The third kappa shape index (κ3) is 5.02. The smallest absolute Gasteiger partial charge is 0.413 e. The van der Waals surface area contributed by atoms with E-state index in [4.69, 9.17) is 27.9 Å². The lowest BCUT2D eigenvalue weighted by Gasteiger charge is -2.31. The highest BCUT2D eigenvalue weighted by atomic mass is 35.5. The van der Waals surface area contributed by atoms with Crippen LogP contribution in [0.5, 0.6) is 11.6 Å². The molecule has 14 heteroatoms. The number of nitrogens with zero attached hydrogens (tertiary/aromatic N) is 5. The van der Waals surface area contributed by atoms with E-state index in [0.717, 1.165) is 20.5 Å². The highest BCUT2D eigenvalue weighted by Crippen LogP contribution is 2.38. The first-order valence-electron chi connectivity index (χ1n) is 11.1. The Labute approximate surface area is 219 Å². The van der Waals surface area contributed by atoms with E-state index in [1.165, 1.54) is 12.1 Å². The predicted molar refractivity (Wildman–Crippen MR) is 139 cm³/mol. The molecule has 0 bridgehead atoms. The lowest BCUT2D eigenvalue weighted by atomic mass is 10.0. The van der Waals surface area contributed by atoms with Crippen molar-refractivity contribution in [2.75, 3.05) is 4.90 Å². The molecule has 0 saturated carbocycles. The van der Waals surface area contributed by atoms with Crippen LogP contribution >= 0.6 is 23.2 Å². The van der Waals surface area contributed by atoms with Crippen molar-refractivity contribution < 1.29 is 14.6 Å². The second-order valence-electron chi connectivity index (χ2n) is 9.47. The topological polar surface area (TPSA) is 159 Å². The number of fused-ring (bicyclic) bond motifs is 1. The van der Waals surface area contributed by atoms with Crippen molar-refractivity contribution in [3.05, 3.63) is 60.8 Å². The molecule has 194 valence electrons. The number of aromatic nitrogens is 6. The molecule has 3 N–H and O–H groups in total. The molecule has 1 amide bonds. The Bertz CT molecular complexity index is 1610. The molecule has 0 fully saturated rings. The van der Waals surface area contributed by atoms with E-state index in [-0.39, 0.29) is 33.3 Å². The van der Waals surface area contributed by atoms with Gasteiger partial charge < -0.3 is 14.8 Å². The largest absolute Gasteiger partial charge is 0.465 e. The van der Waals surface area contributed by atoms with Crippen molar-refractivity contribution in [1.82, 2.24) is 29.9 Å². The standard InChI is InChI=1S/C23H23Cl2N7O5/c1-10(2)13-9-26-18-12(13)8-16(28-29-18)37-17-14(24)6-11(7-15(17)25)32-21(34)27-20(33)19(30-32)31(22(35)36)23(3,4)5/h6-10H,1-5H3,(H,26,29)(H,35,36)(H,27,33,34). The summed E-state index contributed by atoms with van der Waals surface area (Å²) in [4.78, 5) is 42.7. The van der Waals surface area contributed by atoms with Crippen molar-refractivity contribution in [3.63, 3.8) is 0 Å². The first kappa shape index (κ1) is 26.2. The number of halogens is 2. The molecular formula is C23H23Cl2N7O5. The zero-order valence-electron chi connectivity index (χ0n) is 20.5. The lowest BCUT2D eigenvalue weighted by Crippen LogP contribution is -2.50. The SMILES string of the molecule is CC(C)c1c[nH]c2nnc(Oc3c(Cl)cc(-n4nc(N(C(=O)O)C(C)(C)C)c(=O)[nH]c4=O)cc3Cl)cc12. The maximum Gasteiger partial charge on any atom is 0.413 e. The Morgan fingerprint density at radius 2 is 1.78 bits per heavy atom. The number of nitrogens with one attached hydrogen (secondary N) is 2. The summed E-state index contributed by atoms with van der Waals surface area (Å²) in [6.07, 6.45) is 0.438. The Hall–Kier alpha value is -3.90. The van der Waals surface area contributed by atoms with Crippen LogP contribution in [0.3, 0.4) is 0 Å². The number of ether oxygens (including phenoxy) is 1. The summed E-state index contributed by atoms with van der Waals surface area (Å²) in [5.74, 6) is -0.0554. The van der Waals surface area contributed by atoms with Crippen molar-refractivity contribution >= 4 is 46.1 Å². The van der Waals surface area contributed by atoms with Gasteiger partial charge in [-0.2, -0.15) is 4.68 Å². The second kappa shape index (κ2) is 9.52. The minimum absolute atomic E-state index is 0.00918. The van der Waals surface area contributed by atoms with Crippen LogP contribution in [-0.2, 0) is 0 Å². The Balaban J connectivity index is 1.76. The number of hydrogen-bond acceptors (Lipinski definition) is 7. The summed E-state index contributed by atoms with van der Waals surface area (Å²) in [6, 6.07) is 4.38. The number of carbonyl (C=O) groups is 1. The summed E-state index contributed by atoms with van der Waals surface area (Å²) >= 11 is 12.9. The van der Waals surface area contributed by atoms with Gasteiger partial charge in [0.1, 0.15) is 0 Å². The van der Waals surface area contributed by atoms with E-state index in [1.807, 2.05) is 20.0 Å². The van der Waals surface area contributed by atoms with Crippen LogP contribution < -0.4 is 20.9 Å². The number of rotatable bonds is 5. The number of aromatic amines is 2. The van der Waals surface area contributed by atoms with Gasteiger partial charge in [-0.25, -0.2) is 9.59 Å². The third-order valence-electron chi connectivity index (χ3n) is 5.39. The van der Waals surface area contributed by atoms with Gasteiger partial charge in [0.05, 0.1) is 15.7 Å². The van der Waals surface area contributed by atoms with E-state index in [1.54, 1.807) is 26.8 Å². The van der Waals surface area contributed by atoms with Crippen LogP contribution in [0.1, 0.15) is 46.1 Å². The van der Waals surface area contributed by atoms with Crippen molar-refractivity contribution in [2.24, 2.45) is 0 Å². The van der Waals surface area contributed by atoms with E-state index in [0.29, 0.717) is 5.65 Å². The second-order valence-corrected chi connectivity index (χ2v) is 10.3. The Morgan fingerprint density at radius 1 is 1.14 bits per heavy atom. The average Bonchev–Trinajstić information content (AvgIpc) is 3.20. The Kier molecular flexibility index (Phi) is 6.74. The molecule has 0 atom stereocenters. The van der Waals surface area contributed by atoms with Gasteiger partial charge in [0.2, 0.25) is 11.7 Å². The van der Waals surface area contributed by atoms with E-state index < -0.39 is 28.7 Å². The molecule has 37 heavy (non-hydrogen) atoms. The van der Waals surface area contributed by atoms with E-state index >= 15 is 0 Å². The van der Waals surface area contributed by atoms with Crippen LogP contribution in [-0.4, -0.2) is 46.7 Å². The molecular weight excluding hydrogens is 525 g/mol. The van der Waals surface area contributed by atoms with Crippen LogP contribution in [0.15, 0.2) is 34.0 Å². The number of carboxylic acid groups (broad SMARTS) is 1. The molecule has 0 aliphatic rings. The molecule has 3 heterocycles. The molecule has 4 rings (SSSR count). The molecule has 0 aliphatic carbocycles. The zero-order chi connectivity index (χ0) is 27.2. The van der Waals surface area contributed by atoms with Gasteiger partial charge in [-0.3, -0.25) is 14.7 Å². The van der Waals surface area contributed by atoms with Gasteiger partial charge in [0, 0.05) is 23.2 Å². The lowest BCUT2D eigenvalue weighted by molar-refractivity contribution is 0.195. The molecule has 0 saturated heterocycles. The number of benzene rings is 1. The van der Waals surface area contributed by atoms with Gasteiger partial charge in [-0.05, 0) is 44.4 Å². The quantitative estimate of drug-likeness (QED) is 0.324. The fourth-order valence-electron chi connectivity index (χ4n) is 3.73. The van der Waals surface area contributed by atoms with Gasteiger partial charge in [-0.15, -0.1) is 15.3 Å². The van der Waals surface area contributed by atoms with Crippen LogP contribution in [0.2, 0.25) is 10.0 Å². The molecule has 4 aromatic rings. The molecule has 0 unspecified atom stereocenters. The maximum atomic E-state index is 12.6. The fraction of sp³-hybridized carbons (Fsp3) is 0.304. The number of H-pyrrole nitrogens is 2. The normalized spacial score (nSPS) is 11.8. The van der Waals surface area contributed by atoms with Crippen molar-refractivity contribution in [3.8, 4) is 17.3 Å². The van der Waals surface area contributed by atoms with E-state index in [9.17, 15) is 19.5 Å². The first-order chi connectivity index (χ1) is 17.3. The molecule has 1 aromatic carbocycles. The number of amides is 1. The fourth-order valence-corrected chi connectivity index (χ4v) is 4.28. The third-order valence-corrected chi connectivity index (χ3v) is 5.95. The van der Waals surface area contributed by atoms with Crippen LogP contribution in [0, 0.1) is 0 Å². The summed E-state index contributed by atoms with van der Waals surface area (Å²) < 4.78 is 6.62. The predicted octanol–water partition coefficient (Wildman–Crippen LogP) is 4.70. The summed E-state index contributed by atoms with van der Waals surface area (Å²) in [5, 5.41) is 22.7. The highest BCUT2D eigenvalue weighted by Gasteiger charge is 2.32. The molecule has 0 radical (unpaired) electrons. The van der Waals surface area contributed by atoms with Crippen molar-refractivity contribution in [2.45, 2.75) is 46.1 Å². The van der Waals surface area contributed by atoms with Crippen LogP contribution in [0.4, 0.5) is 10.6 Å². The van der Waals surface area contributed by atoms with Gasteiger partial charge in [0.25, 0.3) is 5.56 Å². The minimum Gasteiger partial charge on any atom is -0.465 e. The molecule has 0 aliphatic heterocycles. The molecule has 12 nitrogen and oxygen atoms in total. The van der Waals surface area contributed by atoms with Crippen LogP contribution in [0.25, 0.3) is 16.7 Å². The van der Waals surface area contributed by atoms with Gasteiger partial charge in [-0.1, -0.05) is 37.0 Å². The Morgan fingerprint density at radius 3 is 2.35 bits per heavy atom. The average molecular weight is 548 g/mol. The first-order valence-corrected chi connectivity index (χ1v) is 11.8. The van der Waals surface area contributed by atoms with Gasteiger partial charge in [0.15, 0.2) is 11.4 Å². The number of hydrogen-bond donors (Lipinski definition) is 3. The summed E-state index contributed by atoms with van der Waals surface area (Å²) in [7, 11) is 0. The van der Waals surface area contributed by atoms with E-state index in [2.05, 4.69) is 25.3 Å².